The first-order valence-electron chi connectivity index (χ1n) is 37.9. The molecule has 0 aliphatic carbocycles. The van der Waals surface area contributed by atoms with Crippen LogP contribution in [0, 0.1) is 0 Å². The van der Waals surface area contributed by atoms with Gasteiger partial charge < -0.3 is 214 Å². The molecule has 2 amide bonds. The molecule has 6 aromatic rings. The smallest absolute Gasteiger partial charge is 0.790 e. The minimum absolute atomic E-state index is 0. The van der Waals surface area contributed by atoms with Crippen molar-refractivity contribution in [2.75, 3.05) is 39.6 Å². The summed E-state index contributed by atoms with van der Waals surface area (Å²) in [4.78, 5) is 193. The normalized spacial score (nSPS) is 27.9. The summed E-state index contributed by atoms with van der Waals surface area (Å²) in [7, 11) is -31.2. The van der Waals surface area contributed by atoms with E-state index in [4.69, 9.17) is 39.9 Å². The number of pyridine rings is 6. The van der Waals surface area contributed by atoms with Gasteiger partial charge in [-0.2, -0.15) is 27.4 Å². The molecule has 56 nitrogen and oxygen atoms in total. The van der Waals surface area contributed by atoms with E-state index in [0.29, 0.717) is 22.3 Å². The Bertz CT molecular complexity index is 4470. The number of rotatable bonds is 30. The molecule has 16 N–H and O–H groups in total. The number of phosphoric acid groups is 6. The molecule has 66 heteroatoms. The Morgan fingerprint density at radius 3 is 0.529 bits per heavy atom. The second-order valence-electron chi connectivity index (χ2n) is 28.9. The van der Waals surface area contributed by atoms with Gasteiger partial charge in [-0.05, 0) is 64.1 Å². The van der Waals surface area contributed by atoms with Crippen LogP contribution in [0.15, 0.2) is 147 Å². The number of carbonyl (C=O) groups excluding carboxylic acids is 6. The zero-order valence-corrected chi connectivity index (χ0v) is 84.1. The number of ether oxygens (including phenoxy) is 6. The van der Waals surface area contributed by atoms with Crippen molar-refractivity contribution in [1.29, 1.82) is 0 Å². The number of carbonyl (C=O) groups is 6. The maximum absolute atomic E-state index is 11.3. The molecular weight excluding hydrogens is 2020 g/mol. The molecule has 0 unspecified atom stereocenters. The van der Waals surface area contributed by atoms with Crippen molar-refractivity contribution in [3.8, 4) is 0 Å². The Kier molecular flexibility index (Phi) is 52.1. The third-order valence-corrected chi connectivity index (χ3v) is 22.1. The van der Waals surface area contributed by atoms with Gasteiger partial charge >= 0.3 is 131 Å². The van der Waals surface area contributed by atoms with Crippen molar-refractivity contribution in [2.45, 2.75) is 175 Å². The summed E-state index contributed by atoms with van der Waals surface area (Å²) in [6.45, 7) is 1.22. The van der Waals surface area contributed by atoms with Crippen LogP contribution in [0.25, 0.3) is 0 Å². The minimum atomic E-state index is -5.22. The largest absolute Gasteiger partial charge is 2.00 e. The number of aliphatic hydroxyl groups excluding tert-OH is 12. The first-order valence-corrected chi connectivity index (χ1v) is 46.7. The molecule has 0 radical (unpaired) electrons. The van der Waals surface area contributed by atoms with Crippen molar-refractivity contribution in [3.05, 3.63) is 181 Å². The van der Waals surface area contributed by atoms with Gasteiger partial charge in [0.2, 0.25) is 0 Å². The maximum Gasteiger partial charge on any atom is 2.00 e. The fraction of sp³-hybridized carbons (Fsp3) is 0.486. The van der Waals surface area contributed by atoms with Gasteiger partial charge in [0.15, 0.2) is 134 Å². The number of primary amides is 2. The molecule has 6 aromatic heterocycles. The van der Waals surface area contributed by atoms with Gasteiger partial charge in [0, 0.05) is 36.4 Å². The van der Waals surface area contributed by atoms with Crippen molar-refractivity contribution in [2.24, 2.45) is 11.5 Å². The number of hydrogen-bond acceptors (Lipinski definition) is 48. The second-order valence-corrected chi connectivity index (χ2v) is 35.8. The number of Topliss-reactive ketones (excluding diaryl/α,β-unsaturated/α-hetero) is 4. The van der Waals surface area contributed by atoms with Crippen molar-refractivity contribution < 1.29 is 329 Å². The van der Waals surface area contributed by atoms with Crippen LogP contribution in [0.4, 0.5) is 0 Å². The SMILES string of the molecule is CC(=O)c1ccc[n+]([C@@H]2O[C@H](COP(=O)([O-])[O-])[C@@H](O)[C@H]2O)c1.CC(=O)c1ccc[n+]([C@@H]2O[C@H](COP(=O)([O-])[O-])[C@@H](O)[C@H]2O)c1.CC(=O)c1ccc[n+]([C@@H]2O[C@H](COP(=O)([O-])[O-])[C@@H](O)[C@H]2O)c1.CC(=O)c1ccc[n+]([C@@H]2O[C@H](COP(=O)([O-])[O-])[C@@H](O)[C@H]2O)c1.NC(=O)c1ccc[n+]([C@@H]2O[C@H](COP(=O)([O-])[O-])[C@@H](O)[C@H]2O)c1.NC(=O)c1ccc[n+]([C@@H]2O[C@H](COP(=O)([O-])[O-])[C@@H](O)[C@H]2O)c1.[Ca+2].[K+].[Li+].[Mg+2]. The van der Waals surface area contributed by atoms with E-state index >= 15 is 0 Å². The molecule has 732 valence electrons. The van der Waals surface area contributed by atoms with E-state index in [1.165, 1.54) is 154 Å². The van der Waals surface area contributed by atoms with Crippen LogP contribution in [0.5, 0.6) is 0 Å². The molecular formula is C70H88CaKLiMgN8O48P6. The Morgan fingerprint density at radius 1 is 0.287 bits per heavy atom. The van der Waals surface area contributed by atoms with Crippen molar-refractivity contribution >= 4 is 143 Å². The summed E-state index contributed by atoms with van der Waals surface area (Å²) in [6.07, 6.45) is -13.3. The fourth-order valence-electron chi connectivity index (χ4n) is 12.7. The summed E-state index contributed by atoms with van der Waals surface area (Å²) in [5.41, 5.74) is 12.1. The number of nitrogens with zero attached hydrogens (tertiary/aromatic N) is 6. The quantitative estimate of drug-likeness (QED) is 0.00862. The van der Waals surface area contributed by atoms with Crippen LogP contribution >= 0.6 is 46.9 Å². The fourth-order valence-corrected chi connectivity index (χ4v) is 14.7. The van der Waals surface area contributed by atoms with E-state index in [-0.39, 0.29) is 165 Å². The van der Waals surface area contributed by atoms with Gasteiger partial charge in [0.25, 0.3) is 49.2 Å². The first kappa shape index (κ1) is 127. The maximum atomic E-state index is 11.3. The zero-order valence-electron chi connectivity index (χ0n) is 72.0. The van der Waals surface area contributed by atoms with E-state index in [1.807, 2.05) is 0 Å². The second kappa shape index (κ2) is 55.9. The van der Waals surface area contributed by atoms with Crippen LogP contribution in [0.1, 0.15) is 127 Å². The van der Waals surface area contributed by atoms with Gasteiger partial charge in [0.1, 0.15) is 84.4 Å². The Hall–Kier alpha value is -3.28. The molecule has 6 saturated heterocycles. The number of nitrogens with two attached hydrogens (primary N) is 2. The number of hydrogen-bond donors (Lipinski definition) is 14. The predicted octanol–water partition coefficient (Wildman–Crippen LogP) is -23.1. The molecule has 6 aliphatic rings. The zero-order chi connectivity index (χ0) is 98.9. The van der Waals surface area contributed by atoms with Gasteiger partial charge in [-0.3, -0.25) is 28.8 Å². The van der Waals surface area contributed by atoms with Gasteiger partial charge in [0.05, 0.1) is 109 Å². The molecule has 12 rings (SSSR count). The van der Waals surface area contributed by atoms with Gasteiger partial charge in [-0.15, -0.1) is 0 Å². The van der Waals surface area contributed by atoms with Gasteiger partial charge in [-0.25, -0.2) is 0 Å². The van der Waals surface area contributed by atoms with E-state index in [0.717, 1.165) is 0 Å². The average molecular weight is 2110 g/mol. The molecule has 0 bridgehead atoms. The first-order chi connectivity index (χ1) is 61.1. The van der Waals surface area contributed by atoms with Crippen LogP contribution in [0.3, 0.4) is 0 Å². The van der Waals surface area contributed by atoms with Crippen molar-refractivity contribution in [1.82, 2.24) is 0 Å². The average Bonchev–Trinajstić information content (AvgIpc) is 1.70. The topological polar surface area (TPSA) is 910 Å². The third-order valence-electron chi connectivity index (χ3n) is 19.3. The predicted molar refractivity (Wildman–Crippen MR) is 405 cm³/mol. The number of ketones is 4. The van der Waals surface area contributed by atoms with E-state index < -0.39 is 246 Å². The van der Waals surface area contributed by atoms with E-state index in [9.17, 15) is 176 Å². The molecule has 24 atom stereocenters. The molecule has 6 aliphatic heterocycles. The monoisotopic (exact) mass is 2100 g/mol. The Labute approximate surface area is 870 Å². The van der Waals surface area contributed by atoms with Crippen LogP contribution < -0.4 is 168 Å². The number of aliphatic hydroxyl groups is 12. The van der Waals surface area contributed by atoms with Crippen LogP contribution in [-0.4, -0.2) is 307 Å². The summed E-state index contributed by atoms with van der Waals surface area (Å²) < 4.78 is 127. The van der Waals surface area contributed by atoms with E-state index in [1.54, 1.807) is 48.5 Å². The van der Waals surface area contributed by atoms with Crippen molar-refractivity contribution in [3.63, 3.8) is 0 Å². The number of amides is 2. The molecule has 12 heterocycles. The van der Waals surface area contributed by atoms with Gasteiger partial charge in [-0.1, -0.05) is 0 Å². The summed E-state index contributed by atoms with van der Waals surface area (Å²) in [5, 5.41) is 119. The summed E-state index contributed by atoms with van der Waals surface area (Å²) in [6, 6.07) is 18.4. The minimum Gasteiger partial charge on any atom is -0.790 e. The summed E-state index contributed by atoms with van der Waals surface area (Å²) in [5.74, 6) is -2.16. The Morgan fingerprint density at radius 2 is 0.412 bits per heavy atom. The number of aromatic nitrogens is 6. The summed E-state index contributed by atoms with van der Waals surface area (Å²) >= 11 is 0. The van der Waals surface area contributed by atoms with Crippen LogP contribution in [-0.2, 0) is 83.0 Å². The molecule has 0 saturated carbocycles. The molecule has 0 aromatic carbocycles. The molecule has 136 heavy (non-hydrogen) atoms. The van der Waals surface area contributed by atoms with Crippen LogP contribution in [0.2, 0.25) is 0 Å². The Balaban J connectivity index is 0.000000418. The standard InChI is InChI=1S/4C12H16NO8P.2C11H15N2O8P.Ca.K.Li.Mg/c4*1-7(14)8-3-2-4-13(5-8)12-11(16)10(15)9(21-12)6-20-22(17,18)19;2*12-10(16)6-2-1-3-13(4-6)11-9(15)8(14)7(21-11)5-20-22(17,18)19;;;;/h4*2-5,9-12,15-16H,6H2,1H3,(H-,17,18,19);2*1-4,7-9,11,14-15H,5H2,(H3-,12,16,17,18,19);;;;/q;;;;;;+2;2*+1;+2/p-6/t4*9-,10-,11-,12-;2*7-,8-,9-,11-;;;;/m111111..../s1. The third kappa shape index (κ3) is 39.3. The molecule has 0 spiro atoms. The van der Waals surface area contributed by atoms with E-state index in [2.05, 4.69) is 27.1 Å². The number of phosphoric ester groups is 6. The molecule has 6 fully saturated rings.